The zero-order valence-electron chi connectivity index (χ0n) is 14.5. The third-order valence-corrected chi connectivity index (χ3v) is 5.66. The van der Waals surface area contributed by atoms with E-state index in [0.717, 1.165) is 37.7 Å². The van der Waals surface area contributed by atoms with Gasteiger partial charge < -0.3 is 0 Å². The van der Waals surface area contributed by atoms with Crippen molar-refractivity contribution in [1.29, 1.82) is 0 Å². The first-order chi connectivity index (χ1) is 13.3. The molecule has 0 aliphatic heterocycles. The fourth-order valence-electron chi connectivity index (χ4n) is 3.52. The van der Waals surface area contributed by atoms with Crippen LogP contribution in [0.15, 0.2) is 90.0 Å². The molecule has 2 aromatic heterocycles. The molecule has 0 saturated carbocycles. The molecule has 0 bridgehead atoms. The van der Waals surface area contributed by atoms with Gasteiger partial charge in [0.15, 0.2) is 0 Å². The maximum Gasteiger partial charge on any atom is 0.241 e. The predicted octanol–water partition coefficient (Wildman–Crippen LogP) is 5.78. The molecule has 3 aromatic carbocycles. The van der Waals surface area contributed by atoms with Crippen molar-refractivity contribution in [3.63, 3.8) is 0 Å². The largest absolute Gasteiger partial charge is 0.279 e. The van der Waals surface area contributed by atoms with E-state index in [4.69, 9.17) is 0 Å². The van der Waals surface area contributed by atoms with Crippen LogP contribution in [0, 0.1) is 0 Å². The monoisotopic (exact) mass is 368 g/mol. The van der Waals surface area contributed by atoms with E-state index in [2.05, 4.69) is 23.2 Å². The topological polar surface area (TPSA) is 34.9 Å². The number of nitrogens with zero attached hydrogens (tertiary/aromatic N) is 2. The smallest absolute Gasteiger partial charge is 0.241 e. The first-order valence-electron chi connectivity index (χ1n) is 8.81. The van der Waals surface area contributed by atoms with E-state index >= 15 is 0 Å². The molecule has 27 heavy (non-hydrogen) atoms. The van der Waals surface area contributed by atoms with Crippen LogP contribution >= 0.6 is 11.8 Å². The standard InChI is InChI=1S/C23H16N2OS/c26-23(15-27-22-14-13-16-7-1-4-10-19(16)24-22)25-20-11-5-2-8-17(20)18-9-3-6-12-21(18)25/h1-14H,15H2. The first kappa shape index (κ1) is 16.1. The highest BCUT2D eigenvalue weighted by Gasteiger charge is 2.15. The number of rotatable bonds is 3. The van der Waals surface area contributed by atoms with E-state index in [-0.39, 0.29) is 5.91 Å². The summed E-state index contributed by atoms with van der Waals surface area (Å²) in [6.07, 6.45) is 0. The van der Waals surface area contributed by atoms with Gasteiger partial charge in [0.05, 0.1) is 27.3 Å². The highest BCUT2D eigenvalue weighted by Crippen LogP contribution is 2.29. The molecule has 0 saturated heterocycles. The summed E-state index contributed by atoms with van der Waals surface area (Å²) in [5.74, 6) is 0.404. The molecule has 0 amide bonds. The van der Waals surface area contributed by atoms with Gasteiger partial charge in [-0.25, -0.2) is 4.98 Å². The quantitative estimate of drug-likeness (QED) is 0.379. The normalized spacial score (nSPS) is 11.4. The van der Waals surface area contributed by atoms with Crippen LogP contribution in [0.25, 0.3) is 32.7 Å². The van der Waals surface area contributed by atoms with Gasteiger partial charge in [-0.05, 0) is 24.3 Å². The number of carbonyl (C=O) groups is 1. The molecule has 0 N–H and O–H groups in total. The van der Waals surface area contributed by atoms with Crippen molar-refractivity contribution in [1.82, 2.24) is 9.55 Å². The molecule has 130 valence electrons. The lowest BCUT2D eigenvalue weighted by atomic mass is 10.2. The Morgan fingerprint density at radius 3 is 2.15 bits per heavy atom. The van der Waals surface area contributed by atoms with Crippen molar-refractivity contribution < 1.29 is 4.79 Å². The average Bonchev–Trinajstić information content (AvgIpc) is 3.06. The SMILES string of the molecule is O=C(CSc1ccc2ccccc2n1)n1c2ccccc2c2ccccc21. The maximum absolute atomic E-state index is 13.1. The number of thioether (sulfide) groups is 1. The Balaban J connectivity index is 1.50. The van der Waals surface area contributed by atoms with Gasteiger partial charge in [0, 0.05) is 16.2 Å². The molecule has 5 aromatic rings. The maximum atomic E-state index is 13.1. The van der Waals surface area contributed by atoms with Gasteiger partial charge in [-0.3, -0.25) is 9.36 Å². The van der Waals surface area contributed by atoms with E-state index in [1.54, 1.807) is 0 Å². The summed E-state index contributed by atoms with van der Waals surface area (Å²) in [6.45, 7) is 0. The van der Waals surface area contributed by atoms with Crippen molar-refractivity contribution >= 4 is 50.4 Å². The summed E-state index contributed by atoms with van der Waals surface area (Å²) in [7, 11) is 0. The van der Waals surface area contributed by atoms with E-state index in [0.29, 0.717) is 5.75 Å². The highest BCUT2D eigenvalue weighted by atomic mass is 32.2. The number of pyridine rings is 1. The predicted molar refractivity (Wildman–Crippen MR) is 113 cm³/mol. The lowest BCUT2D eigenvalue weighted by Gasteiger charge is -2.06. The Labute approximate surface area is 160 Å². The van der Waals surface area contributed by atoms with E-state index in [1.807, 2.05) is 71.3 Å². The molecular weight excluding hydrogens is 352 g/mol. The molecule has 0 atom stereocenters. The minimum Gasteiger partial charge on any atom is -0.279 e. The van der Waals surface area contributed by atoms with Crippen molar-refractivity contribution in [2.45, 2.75) is 5.03 Å². The number of benzene rings is 3. The molecule has 0 unspecified atom stereocenters. The lowest BCUT2D eigenvalue weighted by Crippen LogP contribution is -2.12. The number of carbonyl (C=O) groups excluding carboxylic acids is 1. The van der Waals surface area contributed by atoms with Crippen molar-refractivity contribution in [2.75, 3.05) is 5.75 Å². The molecule has 0 spiro atoms. The molecule has 0 aliphatic carbocycles. The second-order valence-corrected chi connectivity index (χ2v) is 7.39. The summed E-state index contributed by atoms with van der Waals surface area (Å²) in [5.41, 5.74) is 2.86. The van der Waals surface area contributed by atoms with Crippen LogP contribution in [0.5, 0.6) is 0 Å². The molecule has 0 fully saturated rings. The first-order valence-corrected chi connectivity index (χ1v) is 9.80. The molecule has 0 radical (unpaired) electrons. The Bertz CT molecular complexity index is 1250. The Kier molecular flexibility index (Phi) is 3.91. The van der Waals surface area contributed by atoms with Crippen molar-refractivity contribution in [3.8, 4) is 0 Å². The number of para-hydroxylation sites is 3. The van der Waals surface area contributed by atoms with Gasteiger partial charge in [0.25, 0.3) is 0 Å². The van der Waals surface area contributed by atoms with Crippen LogP contribution in [0.1, 0.15) is 4.79 Å². The molecule has 5 rings (SSSR count). The summed E-state index contributed by atoms with van der Waals surface area (Å²) in [4.78, 5) is 17.7. The summed E-state index contributed by atoms with van der Waals surface area (Å²) in [5, 5.41) is 4.18. The van der Waals surface area contributed by atoms with Crippen LogP contribution in [-0.4, -0.2) is 21.2 Å². The zero-order chi connectivity index (χ0) is 18.2. The summed E-state index contributed by atoms with van der Waals surface area (Å²) < 4.78 is 1.83. The molecule has 0 aliphatic rings. The number of fused-ring (bicyclic) bond motifs is 4. The molecular formula is C23H16N2OS. The van der Waals surface area contributed by atoms with Crippen LogP contribution in [0.2, 0.25) is 0 Å². The lowest BCUT2D eigenvalue weighted by molar-refractivity contribution is 0.0951. The second-order valence-electron chi connectivity index (χ2n) is 6.39. The van der Waals surface area contributed by atoms with Gasteiger partial charge in [0.1, 0.15) is 0 Å². The Morgan fingerprint density at radius 1 is 0.778 bits per heavy atom. The van der Waals surface area contributed by atoms with Gasteiger partial charge >= 0.3 is 0 Å². The van der Waals surface area contributed by atoms with Gasteiger partial charge in [-0.15, -0.1) is 0 Å². The van der Waals surface area contributed by atoms with E-state index in [9.17, 15) is 4.79 Å². The summed E-state index contributed by atoms with van der Waals surface area (Å²) >= 11 is 1.48. The van der Waals surface area contributed by atoms with Gasteiger partial charge in [-0.2, -0.15) is 0 Å². The Hall–Kier alpha value is -3.11. The number of hydrogen-bond donors (Lipinski definition) is 0. The minimum absolute atomic E-state index is 0.0624. The molecule has 3 nitrogen and oxygen atoms in total. The van der Waals surface area contributed by atoms with E-state index in [1.165, 1.54) is 11.8 Å². The van der Waals surface area contributed by atoms with Crippen LogP contribution in [0.4, 0.5) is 0 Å². The number of aromatic nitrogens is 2. The zero-order valence-corrected chi connectivity index (χ0v) is 15.3. The van der Waals surface area contributed by atoms with Crippen LogP contribution in [0.3, 0.4) is 0 Å². The van der Waals surface area contributed by atoms with Gasteiger partial charge in [0.2, 0.25) is 5.91 Å². The van der Waals surface area contributed by atoms with Gasteiger partial charge in [-0.1, -0.05) is 72.4 Å². The van der Waals surface area contributed by atoms with Crippen molar-refractivity contribution in [3.05, 3.63) is 84.9 Å². The molecule has 2 heterocycles. The Morgan fingerprint density at radius 2 is 1.41 bits per heavy atom. The molecule has 4 heteroatoms. The number of hydrogen-bond acceptors (Lipinski definition) is 3. The minimum atomic E-state index is 0.0624. The fourth-order valence-corrected chi connectivity index (χ4v) is 4.25. The van der Waals surface area contributed by atoms with Crippen LogP contribution in [-0.2, 0) is 0 Å². The third kappa shape index (κ3) is 2.78. The van der Waals surface area contributed by atoms with Crippen molar-refractivity contribution in [2.24, 2.45) is 0 Å². The fraction of sp³-hybridized carbons (Fsp3) is 0.0435. The van der Waals surface area contributed by atoms with E-state index < -0.39 is 0 Å². The van der Waals surface area contributed by atoms with Crippen LogP contribution < -0.4 is 0 Å². The highest BCUT2D eigenvalue weighted by molar-refractivity contribution is 7.99. The summed E-state index contributed by atoms with van der Waals surface area (Å²) in [6, 6.07) is 28.2. The second kappa shape index (κ2) is 6.56. The average molecular weight is 368 g/mol. The third-order valence-electron chi connectivity index (χ3n) is 4.75.